The number of esters is 1. The van der Waals surface area contributed by atoms with Crippen molar-refractivity contribution in [1.29, 1.82) is 0 Å². The summed E-state index contributed by atoms with van der Waals surface area (Å²) in [5.74, 6) is -1.13. The van der Waals surface area contributed by atoms with Gasteiger partial charge in [-0.2, -0.15) is 0 Å². The van der Waals surface area contributed by atoms with Crippen LogP contribution in [0.2, 0.25) is 0 Å². The Hall–Kier alpha value is -2.63. The van der Waals surface area contributed by atoms with Crippen molar-refractivity contribution < 1.29 is 14.3 Å². The second-order valence-electron chi connectivity index (χ2n) is 5.31. The monoisotopic (exact) mass is 302 g/mol. The van der Waals surface area contributed by atoms with E-state index in [1.807, 2.05) is 0 Å². The average molecular weight is 302 g/mol. The molecule has 1 unspecified atom stereocenters. The third-order valence-electron chi connectivity index (χ3n) is 3.40. The molecular weight excluding hydrogens is 284 g/mol. The van der Waals surface area contributed by atoms with Crippen LogP contribution < -0.4 is 10.9 Å². The van der Waals surface area contributed by atoms with E-state index in [2.05, 4.69) is 10.3 Å². The highest BCUT2D eigenvalue weighted by Gasteiger charge is 2.26. The largest absolute Gasteiger partial charge is 0.467 e. The van der Waals surface area contributed by atoms with Gasteiger partial charge in [0.25, 0.3) is 5.91 Å². The van der Waals surface area contributed by atoms with Crippen LogP contribution in [0.15, 0.2) is 35.1 Å². The fourth-order valence-electron chi connectivity index (χ4n) is 2.24. The van der Waals surface area contributed by atoms with Gasteiger partial charge in [-0.3, -0.25) is 9.59 Å². The van der Waals surface area contributed by atoms with Gasteiger partial charge >= 0.3 is 5.97 Å². The Morgan fingerprint density at radius 3 is 2.55 bits per heavy atom. The maximum absolute atomic E-state index is 12.5. The second-order valence-corrected chi connectivity index (χ2v) is 5.31. The molecule has 0 saturated heterocycles. The molecule has 0 bridgehead atoms. The normalized spacial score (nSPS) is 12.2. The number of fused-ring (bicyclic) bond motifs is 1. The first kappa shape index (κ1) is 15.8. The predicted octanol–water partition coefficient (Wildman–Crippen LogP) is 1.46. The SMILES string of the molecule is COC(=O)C(NC(=O)c1cc(=O)[nH]c2ccccc12)C(C)C. The number of aromatic amines is 1. The number of hydrogen-bond donors (Lipinski definition) is 2. The molecular formula is C16H18N2O4. The van der Waals surface area contributed by atoms with Crippen LogP contribution in [-0.4, -0.2) is 30.0 Å². The van der Waals surface area contributed by atoms with Gasteiger partial charge in [-0.25, -0.2) is 4.79 Å². The predicted molar refractivity (Wildman–Crippen MR) is 82.7 cm³/mol. The Morgan fingerprint density at radius 1 is 1.23 bits per heavy atom. The molecule has 2 aromatic rings. The fraction of sp³-hybridized carbons (Fsp3) is 0.312. The molecule has 1 amide bonds. The van der Waals surface area contributed by atoms with Crippen molar-refractivity contribution in [3.63, 3.8) is 0 Å². The fourth-order valence-corrected chi connectivity index (χ4v) is 2.24. The molecule has 6 nitrogen and oxygen atoms in total. The number of pyridine rings is 1. The number of amides is 1. The molecule has 0 saturated carbocycles. The molecule has 1 aromatic heterocycles. The van der Waals surface area contributed by atoms with Gasteiger partial charge in [-0.15, -0.1) is 0 Å². The summed E-state index contributed by atoms with van der Waals surface area (Å²) >= 11 is 0. The van der Waals surface area contributed by atoms with Gasteiger partial charge in [0.1, 0.15) is 6.04 Å². The third kappa shape index (κ3) is 3.16. The van der Waals surface area contributed by atoms with Crippen LogP contribution in [0.25, 0.3) is 10.9 Å². The second kappa shape index (κ2) is 6.43. The molecule has 0 fully saturated rings. The van der Waals surface area contributed by atoms with Crippen LogP contribution in [0.1, 0.15) is 24.2 Å². The molecule has 0 radical (unpaired) electrons. The smallest absolute Gasteiger partial charge is 0.328 e. The molecule has 0 aliphatic rings. The summed E-state index contributed by atoms with van der Waals surface area (Å²) in [4.78, 5) is 38.6. The summed E-state index contributed by atoms with van der Waals surface area (Å²) in [7, 11) is 1.27. The molecule has 1 atom stereocenters. The quantitative estimate of drug-likeness (QED) is 0.837. The van der Waals surface area contributed by atoms with Gasteiger partial charge in [0.05, 0.1) is 12.7 Å². The third-order valence-corrected chi connectivity index (χ3v) is 3.40. The number of ether oxygens (including phenoxy) is 1. The van der Waals surface area contributed by atoms with E-state index in [4.69, 9.17) is 4.74 Å². The Labute approximate surface area is 127 Å². The topological polar surface area (TPSA) is 88.3 Å². The van der Waals surface area contributed by atoms with Gasteiger partial charge in [0.15, 0.2) is 0 Å². The Balaban J connectivity index is 2.41. The van der Waals surface area contributed by atoms with E-state index in [0.717, 1.165) is 0 Å². The minimum atomic E-state index is -0.768. The van der Waals surface area contributed by atoms with E-state index < -0.39 is 17.9 Å². The van der Waals surface area contributed by atoms with Crippen LogP contribution in [0.5, 0.6) is 0 Å². The number of nitrogens with one attached hydrogen (secondary N) is 2. The lowest BCUT2D eigenvalue weighted by Crippen LogP contribution is -2.45. The zero-order valence-electron chi connectivity index (χ0n) is 12.7. The molecule has 1 aromatic carbocycles. The van der Waals surface area contributed by atoms with Gasteiger partial charge in [0.2, 0.25) is 5.56 Å². The number of H-pyrrole nitrogens is 1. The minimum absolute atomic E-state index is 0.135. The molecule has 0 aliphatic heterocycles. The molecule has 1 heterocycles. The van der Waals surface area contributed by atoms with Crippen molar-refractivity contribution >= 4 is 22.8 Å². The highest BCUT2D eigenvalue weighted by molar-refractivity contribution is 6.07. The number of rotatable bonds is 4. The van der Waals surface area contributed by atoms with E-state index >= 15 is 0 Å². The van der Waals surface area contributed by atoms with Crippen LogP contribution in [-0.2, 0) is 9.53 Å². The maximum atomic E-state index is 12.5. The van der Waals surface area contributed by atoms with Crippen LogP contribution in [0.4, 0.5) is 0 Å². The number of aromatic nitrogens is 1. The lowest BCUT2D eigenvalue weighted by Gasteiger charge is -2.20. The number of methoxy groups -OCH3 is 1. The van der Waals surface area contributed by atoms with E-state index in [0.29, 0.717) is 10.9 Å². The first-order chi connectivity index (χ1) is 10.4. The Bertz CT molecular complexity index is 764. The van der Waals surface area contributed by atoms with E-state index in [1.54, 1.807) is 38.1 Å². The van der Waals surface area contributed by atoms with Crippen LogP contribution in [0.3, 0.4) is 0 Å². The number of carbonyl (C=O) groups excluding carboxylic acids is 2. The van der Waals surface area contributed by atoms with Crippen molar-refractivity contribution in [2.24, 2.45) is 5.92 Å². The highest BCUT2D eigenvalue weighted by atomic mass is 16.5. The standard InChI is InChI=1S/C16H18N2O4/c1-9(2)14(16(21)22-3)18-15(20)11-8-13(19)17-12-7-5-4-6-10(11)12/h4-9,14H,1-3H3,(H,17,19)(H,18,20). The van der Waals surface area contributed by atoms with Gasteiger partial charge < -0.3 is 15.0 Å². The highest BCUT2D eigenvalue weighted by Crippen LogP contribution is 2.15. The summed E-state index contributed by atoms with van der Waals surface area (Å²) in [6.45, 7) is 3.61. The lowest BCUT2D eigenvalue weighted by molar-refractivity contribution is -0.144. The van der Waals surface area contributed by atoms with Gasteiger partial charge in [-0.1, -0.05) is 32.0 Å². The number of para-hydroxylation sites is 1. The minimum Gasteiger partial charge on any atom is -0.467 e. The van der Waals surface area contributed by atoms with Crippen molar-refractivity contribution in [1.82, 2.24) is 10.3 Å². The zero-order chi connectivity index (χ0) is 16.3. The van der Waals surface area contributed by atoms with Crippen molar-refractivity contribution in [2.45, 2.75) is 19.9 Å². The summed E-state index contributed by atoms with van der Waals surface area (Å²) < 4.78 is 4.70. The number of benzene rings is 1. The summed E-state index contributed by atoms with van der Waals surface area (Å²) in [6, 6.07) is 7.46. The molecule has 116 valence electrons. The molecule has 6 heteroatoms. The Morgan fingerprint density at radius 2 is 1.91 bits per heavy atom. The maximum Gasteiger partial charge on any atom is 0.328 e. The van der Waals surface area contributed by atoms with Gasteiger partial charge in [-0.05, 0) is 12.0 Å². The van der Waals surface area contributed by atoms with E-state index in [-0.39, 0.29) is 17.0 Å². The summed E-state index contributed by atoms with van der Waals surface area (Å²) in [5.41, 5.74) is 0.427. The zero-order valence-corrected chi connectivity index (χ0v) is 12.7. The van der Waals surface area contributed by atoms with Crippen LogP contribution >= 0.6 is 0 Å². The first-order valence-corrected chi connectivity index (χ1v) is 6.94. The molecule has 2 N–H and O–H groups in total. The number of carbonyl (C=O) groups is 2. The Kier molecular flexibility index (Phi) is 4.60. The van der Waals surface area contributed by atoms with E-state index in [1.165, 1.54) is 13.2 Å². The van der Waals surface area contributed by atoms with Crippen molar-refractivity contribution in [3.8, 4) is 0 Å². The first-order valence-electron chi connectivity index (χ1n) is 6.94. The number of hydrogen-bond acceptors (Lipinski definition) is 4. The molecule has 22 heavy (non-hydrogen) atoms. The summed E-state index contributed by atoms with van der Waals surface area (Å²) in [6.07, 6.45) is 0. The molecule has 2 rings (SSSR count). The van der Waals surface area contributed by atoms with Crippen LogP contribution in [0, 0.1) is 5.92 Å². The van der Waals surface area contributed by atoms with Gasteiger partial charge in [0, 0.05) is 17.0 Å². The molecule has 0 aliphatic carbocycles. The lowest BCUT2D eigenvalue weighted by atomic mass is 10.0. The summed E-state index contributed by atoms with van der Waals surface area (Å²) in [5, 5.41) is 3.25. The van der Waals surface area contributed by atoms with Crippen molar-refractivity contribution in [3.05, 3.63) is 46.2 Å². The van der Waals surface area contributed by atoms with Crippen molar-refractivity contribution in [2.75, 3.05) is 7.11 Å². The average Bonchev–Trinajstić information content (AvgIpc) is 2.50. The van der Waals surface area contributed by atoms with E-state index in [9.17, 15) is 14.4 Å². The molecule has 0 spiro atoms.